The average molecular weight is 347 g/mol. The first-order valence-electron chi connectivity index (χ1n) is 7.15. The maximum absolute atomic E-state index is 6.05. The third kappa shape index (κ3) is 3.13. The normalized spacial score (nSPS) is 14.0. The Morgan fingerprint density at radius 2 is 1.91 bits per heavy atom. The summed E-state index contributed by atoms with van der Waals surface area (Å²) in [4.78, 5) is 17.3. The summed E-state index contributed by atoms with van der Waals surface area (Å²) in [5.41, 5.74) is 2.09. The molecule has 0 aliphatic heterocycles. The Morgan fingerprint density at radius 3 is 2.70 bits per heavy atom. The molecule has 0 amide bonds. The fourth-order valence-electron chi connectivity index (χ4n) is 2.14. The van der Waals surface area contributed by atoms with Crippen LogP contribution in [0.4, 0.5) is 17.5 Å². The molecule has 6 nitrogen and oxygen atoms in total. The number of nitrogens with zero attached hydrogens (tertiary/aromatic N) is 4. The van der Waals surface area contributed by atoms with Crippen LogP contribution in [0.2, 0.25) is 10.0 Å². The highest BCUT2D eigenvalue weighted by atomic mass is 35.5. The van der Waals surface area contributed by atoms with Crippen molar-refractivity contribution in [1.82, 2.24) is 19.9 Å². The molecule has 0 unspecified atom stereocenters. The van der Waals surface area contributed by atoms with Gasteiger partial charge in [0.15, 0.2) is 5.82 Å². The standard InChI is InChI=1S/C15H12Cl2N6/c16-10-4-3-9(5-11(10)17)21-14-13-12(19-7-20-14)6-18-15(23-13)22-8-1-2-8/h3-8H,1-2H2,(H,18,22,23)(H,19,20,21). The van der Waals surface area contributed by atoms with E-state index in [1.54, 1.807) is 18.3 Å². The van der Waals surface area contributed by atoms with Crippen LogP contribution in [0.1, 0.15) is 12.8 Å². The summed E-state index contributed by atoms with van der Waals surface area (Å²) >= 11 is 12.0. The first kappa shape index (κ1) is 14.4. The molecule has 1 aromatic carbocycles. The van der Waals surface area contributed by atoms with Gasteiger partial charge in [-0.25, -0.2) is 19.9 Å². The van der Waals surface area contributed by atoms with E-state index in [0.717, 1.165) is 18.5 Å². The average Bonchev–Trinajstić information content (AvgIpc) is 3.35. The van der Waals surface area contributed by atoms with E-state index in [0.29, 0.717) is 38.9 Å². The van der Waals surface area contributed by atoms with E-state index in [1.807, 2.05) is 6.07 Å². The van der Waals surface area contributed by atoms with E-state index in [4.69, 9.17) is 23.2 Å². The van der Waals surface area contributed by atoms with E-state index in [-0.39, 0.29) is 0 Å². The summed E-state index contributed by atoms with van der Waals surface area (Å²) < 4.78 is 0. The van der Waals surface area contributed by atoms with Crippen molar-refractivity contribution in [2.75, 3.05) is 10.6 Å². The second-order valence-electron chi connectivity index (χ2n) is 5.32. The summed E-state index contributed by atoms with van der Waals surface area (Å²) in [6.45, 7) is 0. The minimum Gasteiger partial charge on any atom is -0.351 e. The second kappa shape index (κ2) is 5.79. The number of nitrogens with one attached hydrogen (secondary N) is 2. The zero-order valence-electron chi connectivity index (χ0n) is 11.9. The summed E-state index contributed by atoms with van der Waals surface area (Å²) in [7, 11) is 0. The lowest BCUT2D eigenvalue weighted by molar-refractivity contribution is 1.06. The van der Waals surface area contributed by atoms with Crippen molar-refractivity contribution in [2.24, 2.45) is 0 Å². The Bertz CT molecular complexity index is 881. The number of benzene rings is 1. The molecule has 0 bridgehead atoms. The van der Waals surface area contributed by atoms with E-state index in [1.165, 1.54) is 6.33 Å². The zero-order chi connectivity index (χ0) is 15.8. The van der Waals surface area contributed by atoms with Gasteiger partial charge in [0, 0.05) is 11.7 Å². The molecule has 1 aliphatic carbocycles. The Balaban J connectivity index is 1.71. The molecule has 0 saturated heterocycles. The van der Waals surface area contributed by atoms with Crippen LogP contribution in [-0.2, 0) is 0 Å². The molecule has 116 valence electrons. The smallest absolute Gasteiger partial charge is 0.223 e. The minimum atomic E-state index is 0.473. The maximum Gasteiger partial charge on any atom is 0.223 e. The summed E-state index contributed by atoms with van der Waals surface area (Å²) in [6.07, 6.45) is 5.47. The molecule has 0 spiro atoms. The third-order valence-electron chi connectivity index (χ3n) is 3.47. The Kier molecular flexibility index (Phi) is 3.63. The molecule has 1 saturated carbocycles. The molecule has 1 aliphatic rings. The molecule has 2 N–H and O–H groups in total. The highest BCUT2D eigenvalue weighted by Gasteiger charge is 2.22. The van der Waals surface area contributed by atoms with Gasteiger partial charge >= 0.3 is 0 Å². The highest BCUT2D eigenvalue weighted by molar-refractivity contribution is 6.42. The summed E-state index contributed by atoms with van der Waals surface area (Å²) in [5.74, 6) is 1.18. The molecule has 8 heteroatoms. The summed E-state index contributed by atoms with van der Waals surface area (Å²) in [6, 6.07) is 5.77. The largest absolute Gasteiger partial charge is 0.351 e. The van der Waals surface area contributed by atoms with Gasteiger partial charge in [-0.05, 0) is 31.0 Å². The molecule has 0 atom stereocenters. The van der Waals surface area contributed by atoms with Crippen molar-refractivity contribution in [3.05, 3.63) is 40.8 Å². The van der Waals surface area contributed by atoms with Gasteiger partial charge in [0.25, 0.3) is 0 Å². The van der Waals surface area contributed by atoms with Crippen LogP contribution in [0, 0.1) is 0 Å². The molecular formula is C15H12Cl2N6. The lowest BCUT2D eigenvalue weighted by Gasteiger charge is -2.09. The molecule has 2 heterocycles. The van der Waals surface area contributed by atoms with Gasteiger partial charge in [-0.15, -0.1) is 0 Å². The number of halogens is 2. The van der Waals surface area contributed by atoms with Gasteiger partial charge in [0.2, 0.25) is 5.95 Å². The second-order valence-corrected chi connectivity index (χ2v) is 6.14. The Labute approximate surface area is 142 Å². The van der Waals surface area contributed by atoms with Crippen LogP contribution in [0.25, 0.3) is 11.0 Å². The van der Waals surface area contributed by atoms with Crippen LogP contribution >= 0.6 is 23.2 Å². The lowest BCUT2D eigenvalue weighted by Crippen LogP contribution is -2.06. The first-order chi connectivity index (χ1) is 11.2. The molecule has 3 aromatic rings. The van der Waals surface area contributed by atoms with Gasteiger partial charge in [-0.2, -0.15) is 0 Å². The number of hydrogen-bond donors (Lipinski definition) is 2. The highest BCUT2D eigenvalue weighted by Crippen LogP contribution is 2.29. The van der Waals surface area contributed by atoms with Crippen molar-refractivity contribution in [3.8, 4) is 0 Å². The van der Waals surface area contributed by atoms with Crippen LogP contribution in [0.5, 0.6) is 0 Å². The monoisotopic (exact) mass is 346 g/mol. The third-order valence-corrected chi connectivity index (χ3v) is 4.21. The molecule has 0 radical (unpaired) electrons. The van der Waals surface area contributed by atoms with Crippen LogP contribution in [0.15, 0.2) is 30.7 Å². The quantitative estimate of drug-likeness (QED) is 0.742. The number of aromatic nitrogens is 4. The molecule has 4 rings (SSSR count). The number of hydrogen-bond acceptors (Lipinski definition) is 6. The summed E-state index contributed by atoms with van der Waals surface area (Å²) in [5, 5.41) is 7.45. The fourth-order valence-corrected chi connectivity index (χ4v) is 2.43. The van der Waals surface area contributed by atoms with Gasteiger partial charge < -0.3 is 10.6 Å². The van der Waals surface area contributed by atoms with Crippen molar-refractivity contribution in [3.63, 3.8) is 0 Å². The SMILES string of the molecule is Clc1ccc(Nc2ncnc3cnc(NC4CC4)nc23)cc1Cl. The maximum atomic E-state index is 6.05. The van der Waals surface area contributed by atoms with Crippen molar-refractivity contribution >= 4 is 51.7 Å². The fraction of sp³-hybridized carbons (Fsp3) is 0.200. The minimum absolute atomic E-state index is 0.473. The van der Waals surface area contributed by atoms with Crippen LogP contribution in [-0.4, -0.2) is 26.0 Å². The number of anilines is 3. The lowest BCUT2D eigenvalue weighted by atomic mass is 10.3. The predicted molar refractivity (Wildman–Crippen MR) is 91.5 cm³/mol. The van der Waals surface area contributed by atoms with Gasteiger partial charge in [0.05, 0.1) is 16.2 Å². The van der Waals surface area contributed by atoms with Gasteiger partial charge in [0.1, 0.15) is 17.4 Å². The van der Waals surface area contributed by atoms with E-state index >= 15 is 0 Å². The van der Waals surface area contributed by atoms with Crippen molar-refractivity contribution in [1.29, 1.82) is 0 Å². The van der Waals surface area contributed by atoms with Crippen molar-refractivity contribution in [2.45, 2.75) is 18.9 Å². The molecule has 2 aromatic heterocycles. The molecule has 23 heavy (non-hydrogen) atoms. The Morgan fingerprint density at radius 1 is 1.04 bits per heavy atom. The topological polar surface area (TPSA) is 75.6 Å². The Hall–Kier alpha value is -2.18. The predicted octanol–water partition coefficient (Wildman–Crippen LogP) is 4.04. The van der Waals surface area contributed by atoms with Crippen LogP contribution in [0.3, 0.4) is 0 Å². The van der Waals surface area contributed by atoms with Gasteiger partial charge in [-0.1, -0.05) is 23.2 Å². The number of fused-ring (bicyclic) bond motifs is 1. The first-order valence-corrected chi connectivity index (χ1v) is 7.91. The van der Waals surface area contributed by atoms with Gasteiger partial charge in [-0.3, -0.25) is 0 Å². The zero-order valence-corrected chi connectivity index (χ0v) is 13.4. The van der Waals surface area contributed by atoms with E-state index < -0.39 is 0 Å². The van der Waals surface area contributed by atoms with E-state index in [9.17, 15) is 0 Å². The van der Waals surface area contributed by atoms with Crippen molar-refractivity contribution < 1.29 is 0 Å². The molecular weight excluding hydrogens is 335 g/mol. The number of rotatable bonds is 4. The van der Waals surface area contributed by atoms with Crippen LogP contribution < -0.4 is 10.6 Å². The molecule has 1 fully saturated rings. The van der Waals surface area contributed by atoms with E-state index in [2.05, 4.69) is 30.6 Å².